The predicted molar refractivity (Wildman–Crippen MR) is 82.7 cm³/mol. The molecule has 1 heterocycles. The fraction of sp³-hybridized carbons (Fsp3) is 0.133. The van der Waals surface area contributed by atoms with Gasteiger partial charge in [-0.3, -0.25) is 0 Å². The molecule has 20 heavy (non-hydrogen) atoms. The van der Waals surface area contributed by atoms with E-state index in [0.29, 0.717) is 21.6 Å². The Morgan fingerprint density at radius 3 is 2.75 bits per heavy atom. The molecule has 0 radical (unpaired) electrons. The van der Waals surface area contributed by atoms with E-state index in [0.717, 1.165) is 22.2 Å². The van der Waals surface area contributed by atoms with Crippen molar-refractivity contribution in [2.75, 3.05) is 5.73 Å². The smallest absolute Gasteiger partial charge is 0.231 e. The lowest BCUT2D eigenvalue weighted by Gasteiger charge is -2.04. The molecule has 0 bridgehead atoms. The maximum atomic E-state index is 10.1. The highest BCUT2D eigenvalue weighted by molar-refractivity contribution is 9.10. The van der Waals surface area contributed by atoms with Crippen molar-refractivity contribution >= 4 is 32.7 Å². The van der Waals surface area contributed by atoms with Crippen LogP contribution in [0.15, 0.2) is 33.2 Å². The molecule has 3 aromatic rings. The van der Waals surface area contributed by atoms with Gasteiger partial charge in [-0.05, 0) is 59.1 Å². The van der Waals surface area contributed by atoms with Crippen molar-refractivity contribution in [2.45, 2.75) is 13.8 Å². The average Bonchev–Trinajstić information content (AvgIpc) is 2.83. The lowest BCUT2D eigenvalue weighted by molar-refractivity contribution is 0.471. The predicted octanol–water partition coefficient (Wildman–Crippen LogP) is 4.16. The minimum atomic E-state index is 0.0696. The molecular formula is C15H13BrN2O2. The third kappa shape index (κ3) is 1.94. The van der Waals surface area contributed by atoms with Crippen LogP contribution in [0, 0.1) is 13.8 Å². The van der Waals surface area contributed by atoms with Gasteiger partial charge in [0.15, 0.2) is 5.58 Å². The molecule has 2 aromatic carbocycles. The Kier molecular flexibility index (Phi) is 2.94. The molecule has 0 unspecified atom stereocenters. The molecule has 4 nitrogen and oxygen atoms in total. The first-order valence-corrected chi connectivity index (χ1v) is 6.92. The van der Waals surface area contributed by atoms with Crippen LogP contribution in [0.1, 0.15) is 11.1 Å². The van der Waals surface area contributed by atoms with E-state index in [1.165, 1.54) is 0 Å². The number of aromatic hydroxyl groups is 1. The Bertz CT molecular complexity index is 824. The third-order valence-corrected chi connectivity index (χ3v) is 4.00. The number of anilines is 1. The highest BCUT2D eigenvalue weighted by Crippen LogP contribution is 2.38. The zero-order valence-electron chi connectivity index (χ0n) is 11.1. The van der Waals surface area contributed by atoms with Crippen LogP contribution < -0.4 is 5.73 Å². The lowest BCUT2D eigenvalue weighted by atomic mass is 10.1. The first-order chi connectivity index (χ1) is 9.47. The molecule has 3 N–H and O–H groups in total. The summed E-state index contributed by atoms with van der Waals surface area (Å²) >= 11 is 3.26. The molecule has 0 spiro atoms. The molecular weight excluding hydrogens is 320 g/mol. The van der Waals surface area contributed by atoms with Crippen molar-refractivity contribution in [3.63, 3.8) is 0 Å². The minimum absolute atomic E-state index is 0.0696. The summed E-state index contributed by atoms with van der Waals surface area (Å²) in [6, 6.07) is 7.19. The number of halogens is 1. The number of fused-ring (bicyclic) bond motifs is 1. The second-order valence-electron chi connectivity index (χ2n) is 4.77. The number of nitrogens with two attached hydrogens (primary N) is 1. The maximum absolute atomic E-state index is 10.1. The van der Waals surface area contributed by atoms with Gasteiger partial charge in [-0.25, -0.2) is 4.98 Å². The topological polar surface area (TPSA) is 72.3 Å². The van der Waals surface area contributed by atoms with E-state index in [2.05, 4.69) is 20.9 Å². The van der Waals surface area contributed by atoms with Crippen LogP contribution in [0.2, 0.25) is 0 Å². The molecule has 0 aliphatic heterocycles. The standard InChI is InChI=1S/C15H13BrN2O2/c1-7-3-4-12-14(8(7)2)20-15(18-12)10-5-9(17)6-11(16)13(10)19/h3-6,19H,17H2,1-2H3. The number of oxazole rings is 1. The van der Waals surface area contributed by atoms with E-state index in [1.807, 2.05) is 26.0 Å². The summed E-state index contributed by atoms with van der Waals surface area (Å²) in [6.07, 6.45) is 0. The number of hydrogen-bond donors (Lipinski definition) is 2. The Morgan fingerprint density at radius 2 is 2.00 bits per heavy atom. The molecule has 3 rings (SSSR count). The van der Waals surface area contributed by atoms with Crippen molar-refractivity contribution in [3.8, 4) is 17.2 Å². The molecule has 1 aromatic heterocycles. The van der Waals surface area contributed by atoms with Crippen molar-refractivity contribution in [1.29, 1.82) is 0 Å². The van der Waals surface area contributed by atoms with Crippen LogP contribution in [-0.2, 0) is 0 Å². The fourth-order valence-corrected chi connectivity index (χ4v) is 2.60. The van der Waals surface area contributed by atoms with Crippen LogP contribution >= 0.6 is 15.9 Å². The number of hydrogen-bond acceptors (Lipinski definition) is 4. The Labute approximate surface area is 124 Å². The number of nitrogens with zero attached hydrogens (tertiary/aromatic N) is 1. The molecule has 0 saturated heterocycles. The van der Waals surface area contributed by atoms with Gasteiger partial charge in [0.05, 0.1) is 10.0 Å². The number of phenols is 1. The largest absolute Gasteiger partial charge is 0.506 e. The van der Waals surface area contributed by atoms with E-state index in [-0.39, 0.29) is 5.75 Å². The first-order valence-electron chi connectivity index (χ1n) is 6.12. The van der Waals surface area contributed by atoms with E-state index < -0.39 is 0 Å². The van der Waals surface area contributed by atoms with Gasteiger partial charge < -0.3 is 15.3 Å². The number of phenolic OH excluding ortho intramolecular Hbond substituents is 1. The van der Waals surface area contributed by atoms with E-state index >= 15 is 0 Å². The van der Waals surface area contributed by atoms with Gasteiger partial charge in [-0.2, -0.15) is 0 Å². The molecule has 5 heteroatoms. The summed E-state index contributed by atoms with van der Waals surface area (Å²) in [5.41, 5.74) is 10.5. The van der Waals surface area contributed by atoms with Gasteiger partial charge >= 0.3 is 0 Å². The lowest BCUT2D eigenvalue weighted by Crippen LogP contribution is -1.87. The van der Waals surface area contributed by atoms with Crippen LogP contribution in [0.25, 0.3) is 22.6 Å². The van der Waals surface area contributed by atoms with Crippen molar-refractivity contribution < 1.29 is 9.52 Å². The van der Waals surface area contributed by atoms with Gasteiger partial charge in [0, 0.05) is 5.69 Å². The molecule has 0 aliphatic rings. The van der Waals surface area contributed by atoms with E-state index in [1.54, 1.807) is 12.1 Å². The molecule has 0 aliphatic carbocycles. The number of benzene rings is 2. The molecule has 0 fully saturated rings. The Hall–Kier alpha value is -2.01. The summed E-state index contributed by atoms with van der Waals surface area (Å²) in [5.74, 6) is 0.430. The van der Waals surface area contributed by atoms with Crippen LogP contribution in [0.3, 0.4) is 0 Å². The molecule has 0 amide bonds. The van der Waals surface area contributed by atoms with Crippen molar-refractivity contribution in [3.05, 3.63) is 39.9 Å². The van der Waals surface area contributed by atoms with E-state index in [9.17, 15) is 5.11 Å². The number of aromatic nitrogens is 1. The molecule has 102 valence electrons. The van der Waals surface area contributed by atoms with Gasteiger partial charge in [0.2, 0.25) is 5.89 Å². The number of rotatable bonds is 1. The number of nitrogen functional groups attached to an aromatic ring is 1. The Balaban J connectivity index is 2.28. The van der Waals surface area contributed by atoms with Crippen molar-refractivity contribution in [1.82, 2.24) is 4.98 Å². The zero-order valence-corrected chi connectivity index (χ0v) is 12.7. The first kappa shape index (κ1) is 13.0. The average molecular weight is 333 g/mol. The van der Waals surface area contributed by atoms with Gasteiger partial charge in [-0.15, -0.1) is 0 Å². The second-order valence-corrected chi connectivity index (χ2v) is 5.63. The normalized spacial score (nSPS) is 11.2. The summed E-state index contributed by atoms with van der Waals surface area (Å²) < 4.78 is 6.33. The van der Waals surface area contributed by atoms with Crippen molar-refractivity contribution in [2.24, 2.45) is 0 Å². The van der Waals surface area contributed by atoms with Gasteiger partial charge in [0.1, 0.15) is 11.3 Å². The van der Waals surface area contributed by atoms with Crippen LogP contribution in [-0.4, -0.2) is 10.1 Å². The quantitative estimate of drug-likeness (QED) is 0.518. The summed E-state index contributed by atoms with van der Waals surface area (Å²) in [6.45, 7) is 4.01. The minimum Gasteiger partial charge on any atom is -0.506 e. The summed E-state index contributed by atoms with van der Waals surface area (Å²) in [5, 5.41) is 10.1. The van der Waals surface area contributed by atoms with E-state index in [4.69, 9.17) is 10.2 Å². The number of aryl methyl sites for hydroxylation is 2. The Morgan fingerprint density at radius 1 is 1.25 bits per heavy atom. The summed E-state index contributed by atoms with van der Waals surface area (Å²) in [7, 11) is 0. The SMILES string of the molecule is Cc1ccc2nc(-c3cc(N)cc(Br)c3O)oc2c1C. The summed E-state index contributed by atoms with van der Waals surface area (Å²) in [4.78, 5) is 4.42. The zero-order chi connectivity index (χ0) is 14.4. The maximum Gasteiger partial charge on any atom is 0.231 e. The van der Waals surface area contributed by atoms with Gasteiger partial charge in [0.25, 0.3) is 0 Å². The monoisotopic (exact) mass is 332 g/mol. The van der Waals surface area contributed by atoms with Gasteiger partial charge in [-0.1, -0.05) is 6.07 Å². The fourth-order valence-electron chi connectivity index (χ4n) is 2.12. The highest BCUT2D eigenvalue weighted by Gasteiger charge is 2.16. The molecule has 0 saturated carbocycles. The van der Waals surface area contributed by atoms with Crippen LogP contribution in [0.5, 0.6) is 5.75 Å². The second kappa shape index (κ2) is 4.52. The third-order valence-electron chi connectivity index (χ3n) is 3.39. The van der Waals surface area contributed by atoms with Crippen LogP contribution in [0.4, 0.5) is 5.69 Å². The molecule has 0 atom stereocenters. The highest BCUT2D eigenvalue weighted by atomic mass is 79.9.